The van der Waals surface area contributed by atoms with Gasteiger partial charge in [0.05, 0.1) is 44.1 Å². The lowest BCUT2D eigenvalue weighted by Gasteiger charge is -2.12. The van der Waals surface area contributed by atoms with E-state index in [1.165, 1.54) is 6.21 Å². The molecule has 0 fully saturated rings. The molecule has 2 heterocycles. The van der Waals surface area contributed by atoms with E-state index in [1.54, 1.807) is 34.9 Å². The zero-order valence-corrected chi connectivity index (χ0v) is 23.1. The van der Waals surface area contributed by atoms with Gasteiger partial charge in [0.2, 0.25) is 5.95 Å². The summed E-state index contributed by atoms with van der Waals surface area (Å²) in [5.74, 6) is 0.129. The predicted octanol–water partition coefficient (Wildman–Crippen LogP) is 5.60. The lowest BCUT2D eigenvalue weighted by molar-refractivity contribution is 0.0955. The third-order valence-electron chi connectivity index (χ3n) is 6.52. The van der Waals surface area contributed by atoms with Gasteiger partial charge in [-0.25, -0.2) is 10.4 Å². The van der Waals surface area contributed by atoms with Crippen LogP contribution in [0.3, 0.4) is 0 Å². The summed E-state index contributed by atoms with van der Waals surface area (Å²) in [7, 11) is 5.67. The van der Waals surface area contributed by atoms with E-state index in [0.717, 1.165) is 16.6 Å². The number of carbonyl (C=O) groups excluding carboxylic acids is 1. The molecule has 2 aromatic heterocycles. The second kappa shape index (κ2) is 10.4. The van der Waals surface area contributed by atoms with Gasteiger partial charge in [0.15, 0.2) is 0 Å². The van der Waals surface area contributed by atoms with Crippen molar-refractivity contribution in [3.8, 4) is 0 Å². The molecule has 5 rings (SSSR count). The molecule has 9 nitrogen and oxygen atoms in total. The number of hydrogen-bond acceptors (Lipinski definition) is 6. The summed E-state index contributed by atoms with van der Waals surface area (Å²) >= 11 is 12.6. The average Bonchev–Trinajstić information content (AvgIpc) is 3.23. The van der Waals surface area contributed by atoms with Gasteiger partial charge < -0.3 is 19.8 Å². The second-order valence-electron chi connectivity index (χ2n) is 9.21. The number of benzene rings is 3. The molecule has 1 amide bonds. The molecule has 0 unspecified atom stereocenters. The Kier molecular flexibility index (Phi) is 7.03. The zero-order valence-electron chi connectivity index (χ0n) is 21.6. The number of nitrogens with one attached hydrogen (secondary N) is 3. The van der Waals surface area contributed by atoms with Gasteiger partial charge >= 0.3 is 0 Å². The second-order valence-corrected chi connectivity index (χ2v) is 10.0. The number of rotatable bonds is 6. The van der Waals surface area contributed by atoms with Crippen LogP contribution < -0.4 is 21.2 Å². The number of halogens is 2. The smallest absolute Gasteiger partial charge is 0.271 e. The Morgan fingerprint density at radius 1 is 1.08 bits per heavy atom. The van der Waals surface area contributed by atoms with Gasteiger partial charge in [-0.15, -0.1) is 0 Å². The first-order valence-electron chi connectivity index (χ1n) is 12.0. The Morgan fingerprint density at radius 3 is 2.44 bits per heavy atom. The summed E-state index contributed by atoms with van der Waals surface area (Å²) in [5.41, 5.74) is 6.77. The molecule has 0 aliphatic rings. The van der Waals surface area contributed by atoms with Gasteiger partial charge in [-0.3, -0.25) is 9.59 Å². The quantitative estimate of drug-likeness (QED) is 0.184. The predicted molar refractivity (Wildman–Crippen MR) is 159 cm³/mol. The van der Waals surface area contributed by atoms with E-state index < -0.39 is 0 Å². The van der Waals surface area contributed by atoms with E-state index in [1.807, 2.05) is 57.2 Å². The first-order valence-corrected chi connectivity index (χ1v) is 12.7. The summed E-state index contributed by atoms with van der Waals surface area (Å²) < 4.78 is 1.79. The zero-order chi connectivity index (χ0) is 27.8. The van der Waals surface area contributed by atoms with E-state index in [2.05, 4.69) is 25.8 Å². The molecule has 0 aliphatic heterocycles. The maximum atomic E-state index is 13.3. The molecule has 0 atom stereocenters. The van der Waals surface area contributed by atoms with Crippen LogP contribution in [0.25, 0.3) is 21.8 Å². The highest BCUT2D eigenvalue weighted by atomic mass is 35.5. The number of hydrogen-bond donors (Lipinski definition) is 3. The molecule has 5 aromatic rings. The summed E-state index contributed by atoms with van der Waals surface area (Å²) in [6.45, 7) is 1.88. The number of aryl methyl sites for hydroxylation is 2. The molecule has 0 bridgehead atoms. The molecule has 0 saturated carbocycles. The minimum Gasteiger partial charge on any atom is -0.378 e. The van der Waals surface area contributed by atoms with Gasteiger partial charge in [-0.1, -0.05) is 35.3 Å². The Hall–Kier alpha value is -4.34. The molecule has 3 aromatic carbocycles. The molecule has 0 aliphatic carbocycles. The fraction of sp³-hybridized carbons (Fsp3) is 0.143. The van der Waals surface area contributed by atoms with Crippen LogP contribution in [0.1, 0.15) is 21.6 Å². The number of imidazole rings is 1. The number of amides is 1. The standard InChI is InChI=1S/C28H25Cl2N7O2/c1-15-18-12-13-21-25(37(4)28(33-21)34-24-19(29)6-5-7-20(24)30)23(18)27(39)32-22(15)14-31-35-26(38)16-8-10-17(11-9-16)36(2)3/h5-14H,1-4H3,(H,32,39)(H,33,34)(H,35,38). The molecular weight excluding hydrogens is 537 g/mol. The Morgan fingerprint density at radius 2 is 1.77 bits per heavy atom. The van der Waals surface area contributed by atoms with Crippen molar-refractivity contribution in [2.24, 2.45) is 12.1 Å². The topological polar surface area (TPSA) is 107 Å². The maximum Gasteiger partial charge on any atom is 0.271 e. The van der Waals surface area contributed by atoms with E-state index >= 15 is 0 Å². The SMILES string of the molecule is Cc1c(C=NNC(=O)c2ccc(N(C)C)cc2)[nH]c(=O)c2c1ccc1nc(Nc3c(Cl)cccc3Cl)n(C)c12. The first-order chi connectivity index (χ1) is 18.7. The van der Waals surface area contributed by atoms with Gasteiger partial charge in [0, 0.05) is 32.4 Å². The normalized spacial score (nSPS) is 11.4. The fourth-order valence-corrected chi connectivity index (χ4v) is 4.86. The Bertz CT molecular complexity index is 1800. The van der Waals surface area contributed by atoms with Crippen LogP contribution in [0.4, 0.5) is 17.3 Å². The van der Waals surface area contributed by atoms with E-state index in [9.17, 15) is 9.59 Å². The number of H-pyrrole nitrogens is 1. The van der Waals surface area contributed by atoms with Crippen LogP contribution in [-0.2, 0) is 7.05 Å². The van der Waals surface area contributed by atoms with Crippen LogP contribution in [0.5, 0.6) is 0 Å². The molecule has 39 heavy (non-hydrogen) atoms. The van der Waals surface area contributed by atoms with Crippen molar-refractivity contribution in [2.45, 2.75) is 6.92 Å². The van der Waals surface area contributed by atoms with E-state index in [0.29, 0.717) is 49.4 Å². The number of nitrogens with zero attached hydrogens (tertiary/aromatic N) is 4. The number of aromatic amines is 1. The van der Waals surface area contributed by atoms with E-state index in [4.69, 9.17) is 23.2 Å². The summed E-state index contributed by atoms with van der Waals surface area (Å²) in [5, 5.41) is 9.39. The third-order valence-corrected chi connectivity index (χ3v) is 7.15. The summed E-state index contributed by atoms with van der Waals surface area (Å²) in [6, 6.07) is 16.1. The van der Waals surface area contributed by atoms with Gasteiger partial charge in [-0.05, 0) is 60.3 Å². The molecule has 3 N–H and O–H groups in total. The number of carbonyl (C=O) groups is 1. The minimum atomic E-state index is -0.354. The minimum absolute atomic E-state index is 0.307. The van der Waals surface area contributed by atoms with Crippen molar-refractivity contribution in [1.29, 1.82) is 0 Å². The highest BCUT2D eigenvalue weighted by molar-refractivity contribution is 6.39. The number of pyridine rings is 1. The lowest BCUT2D eigenvalue weighted by Crippen LogP contribution is -2.19. The van der Waals surface area contributed by atoms with Crippen molar-refractivity contribution in [1.82, 2.24) is 20.0 Å². The third kappa shape index (κ3) is 4.94. The van der Waals surface area contributed by atoms with Crippen molar-refractivity contribution >= 4 is 74.5 Å². The highest BCUT2D eigenvalue weighted by Gasteiger charge is 2.17. The molecule has 0 radical (unpaired) electrons. The molecular formula is C28H25Cl2N7O2. The highest BCUT2D eigenvalue weighted by Crippen LogP contribution is 2.34. The summed E-state index contributed by atoms with van der Waals surface area (Å²) in [6.07, 6.45) is 1.43. The van der Waals surface area contributed by atoms with Crippen LogP contribution in [-0.4, -0.2) is 40.8 Å². The van der Waals surface area contributed by atoms with Gasteiger partial charge in [-0.2, -0.15) is 5.10 Å². The van der Waals surface area contributed by atoms with Crippen molar-refractivity contribution in [3.63, 3.8) is 0 Å². The molecule has 0 spiro atoms. The van der Waals surface area contributed by atoms with Crippen LogP contribution in [0, 0.1) is 6.92 Å². The lowest BCUT2D eigenvalue weighted by atomic mass is 10.0. The molecule has 11 heteroatoms. The monoisotopic (exact) mass is 561 g/mol. The first kappa shape index (κ1) is 26.3. The molecule has 198 valence electrons. The van der Waals surface area contributed by atoms with Crippen LogP contribution in [0.15, 0.2) is 64.5 Å². The van der Waals surface area contributed by atoms with Crippen molar-refractivity contribution in [3.05, 3.63) is 91.8 Å². The molecule has 0 saturated heterocycles. The Balaban J connectivity index is 1.46. The van der Waals surface area contributed by atoms with E-state index in [-0.39, 0.29) is 11.5 Å². The van der Waals surface area contributed by atoms with Gasteiger partial charge in [0.25, 0.3) is 11.5 Å². The number of anilines is 3. The Labute approximate surface area is 234 Å². The van der Waals surface area contributed by atoms with Crippen LogP contribution in [0.2, 0.25) is 10.0 Å². The maximum absolute atomic E-state index is 13.3. The summed E-state index contributed by atoms with van der Waals surface area (Å²) in [4.78, 5) is 35.3. The fourth-order valence-electron chi connectivity index (χ4n) is 4.37. The van der Waals surface area contributed by atoms with Crippen LogP contribution >= 0.6 is 23.2 Å². The number of hydrazone groups is 1. The van der Waals surface area contributed by atoms with Gasteiger partial charge in [0.1, 0.15) is 0 Å². The number of aromatic nitrogens is 3. The number of para-hydroxylation sites is 1. The number of fused-ring (bicyclic) bond motifs is 3. The largest absolute Gasteiger partial charge is 0.378 e. The van der Waals surface area contributed by atoms with Crippen molar-refractivity contribution < 1.29 is 4.79 Å². The average molecular weight is 562 g/mol. The van der Waals surface area contributed by atoms with Crippen molar-refractivity contribution in [2.75, 3.05) is 24.3 Å².